The predicted molar refractivity (Wildman–Crippen MR) is 61.9 cm³/mol. The first-order valence-electron chi connectivity index (χ1n) is 4.97. The number of benzene rings is 1. The second-order valence-corrected chi connectivity index (χ2v) is 6.96. The van der Waals surface area contributed by atoms with E-state index in [1.54, 1.807) is 0 Å². The summed E-state index contributed by atoms with van der Waals surface area (Å²) in [6.45, 7) is 2.05. The Hall–Kier alpha value is -0.540. The van der Waals surface area contributed by atoms with Crippen LogP contribution in [0.1, 0.15) is 29.0 Å². The lowest BCUT2D eigenvalue weighted by atomic mass is 10.0. The normalized spacial score (nSPS) is 20.3. The van der Waals surface area contributed by atoms with E-state index in [0.717, 1.165) is 18.4 Å². The zero-order chi connectivity index (χ0) is 11.1. The molecule has 4 heteroatoms. The number of aryl methyl sites for hydroxylation is 2. The lowest BCUT2D eigenvalue weighted by Gasteiger charge is -2.09. The fraction of sp³-hybridized carbons (Fsp3) is 0.455. The maximum atomic E-state index is 11.0. The smallest absolute Gasteiger partial charge is 0.212 e. The maximum Gasteiger partial charge on any atom is 0.233 e. The van der Waals surface area contributed by atoms with Crippen molar-refractivity contribution in [3.8, 4) is 0 Å². The molecule has 0 saturated heterocycles. The Morgan fingerprint density at radius 1 is 1.47 bits per heavy atom. The Morgan fingerprint density at radius 3 is 2.87 bits per heavy atom. The van der Waals surface area contributed by atoms with E-state index in [2.05, 4.69) is 6.07 Å². The van der Waals surface area contributed by atoms with Crippen molar-refractivity contribution in [1.29, 1.82) is 0 Å². The highest BCUT2D eigenvalue weighted by Crippen LogP contribution is 2.34. The highest BCUT2D eigenvalue weighted by atomic mass is 35.7. The Kier molecular flexibility index (Phi) is 2.77. The van der Waals surface area contributed by atoms with E-state index >= 15 is 0 Å². The molecule has 1 aliphatic rings. The average molecular weight is 245 g/mol. The van der Waals surface area contributed by atoms with Gasteiger partial charge in [-0.25, -0.2) is 8.42 Å². The fourth-order valence-electron chi connectivity index (χ4n) is 2.25. The number of hydrogen-bond donors (Lipinski definition) is 0. The van der Waals surface area contributed by atoms with Crippen molar-refractivity contribution >= 4 is 19.7 Å². The second-order valence-electron chi connectivity index (χ2n) is 4.14. The van der Waals surface area contributed by atoms with E-state index in [0.29, 0.717) is 0 Å². The zero-order valence-electron chi connectivity index (χ0n) is 8.53. The minimum Gasteiger partial charge on any atom is -0.212 e. The van der Waals surface area contributed by atoms with Crippen molar-refractivity contribution in [1.82, 2.24) is 0 Å². The highest BCUT2D eigenvalue weighted by molar-refractivity contribution is 8.13. The van der Waals surface area contributed by atoms with Gasteiger partial charge < -0.3 is 0 Å². The summed E-state index contributed by atoms with van der Waals surface area (Å²) in [6.07, 6.45) is 1.86. The number of halogens is 1. The second kappa shape index (κ2) is 3.80. The van der Waals surface area contributed by atoms with Gasteiger partial charge in [0.05, 0.1) is 5.75 Å². The van der Waals surface area contributed by atoms with Gasteiger partial charge in [-0.1, -0.05) is 23.8 Å². The van der Waals surface area contributed by atoms with Crippen LogP contribution in [0.4, 0.5) is 0 Å². The molecule has 0 heterocycles. The van der Waals surface area contributed by atoms with Crippen molar-refractivity contribution in [3.63, 3.8) is 0 Å². The van der Waals surface area contributed by atoms with Crippen LogP contribution in [0.3, 0.4) is 0 Å². The molecule has 0 N–H and O–H groups in total. The number of rotatable bonds is 2. The van der Waals surface area contributed by atoms with Gasteiger partial charge in [0, 0.05) is 10.7 Å². The minimum absolute atomic E-state index is 0.0601. The van der Waals surface area contributed by atoms with E-state index in [9.17, 15) is 8.42 Å². The molecule has 0 bridgehead atoms. The summed E-state index contributed by atoms with van der Waals surface area (Å²) in [6, 6.07) is 6.19. The molecule has 1 aliphatic carbocycles. The summed E-state index contributed by atoms with van der Waals surface area (Å²) in [5.41, 5.74) is 3.66. The summed E-state index contributed by atoms with van der Waals surface area (Å²) in [5.74, 6) is 0.146. The van der Waals surface area contributed by atoms with Gasteiger partial charge in [-0.3, -0.25) is 0 Å². The van der Waals surface area contributed by atoms with Crippen LogP contribution in [0.2, 0.25) is 0 Å². The van der Waals surface area contributed by atoms with E-state index < -0.39 is 9.05 Å². The summed E-state index contributed by atoms with van der Waals surface area (Å²) in [4.78, 5) is 0. The zero-order valence-corrected chi connectivity index (χ0v) is 10.1. The van der Waals surface area contributed by atoms with Crippen molar-refractivity contribution in [2.45, 2.75) is 25.7 Å². The van der Waals surface area contributed by atoms with Crippen LogP contribution in [0, 0.1) is 6.92 Å². The lowest BCUT2D eigenvalue weighted by molar-refractivity contribution is 0.600. The average Bonchev–Trinajstić information content (AvgIpc) is 2.45. The molecular weight excluding hydrogens is 232 g/mol. The van der Waals surface area contributed by atoms with Crippen LogP contribution in [-0.2, 0) is 15.5 Å². The van der Waals surface area contributed by atoms with Crippen LogP contribution in [0.5, 0.6) is 0 Å². The van der Waals surface area contributed by atoms with Crippen LogP contribution in [0.15, 0.2) is 18.2 Å². The van der Waals surface area contributed by atoms with Crippen molar-refractivity contribution in [2.75, 3.05) is 5.75 Å². The predicted octanol–water partition coefficient (Wildman–Crippen LogP) is 2.59. The Balaban J connectivity index is 2.29. The molecule has 0 fully saturated rings. The summed E-state index contributed by atoms with van der Waals surface area (Å²) < 4.78 is 22.1. The van der Waals surface area contributed by atoms with Gasteiger partial charge in [0.1, 0.15) is 0 Å². The van der Waals surface area contributed by atoms with E-state index in [-0.39, 0.29) is 11.7 Å². The molecule has 2 rings (SSSR count). The molecule has 1 unspecified atom stereocenters. The molecule has 0 aliphatic heterocycles. The molecule has 2 nitrogen and oxygen atoms in total. The Labute approximate surface area is 94.7 Å². The molecule has 0 radical (unpaired) electrons. The largest absolute Gasteiger partial charge is 0.233 e. The van der Waals surface area contributed by atoms with Gasteiger partial charge in [-0.15, -0.1) is 0 Å². The molecular formula is C11H13ClO2S. The van der Waals surface area contributed by atoms with Gasteiger partial charge in [0.2, 0.25) is 9.05 Å². The summed E-state index contributed by atoms with van der Waals surface area (Å²) in [5, 5.41) is 0. The van der Waals surface area contributed by atoms with Gasteiger partial charge in [-0.05, 0) is 36.8 Å². The van der Waals surface area contributed by atoms with Crippen molar-refractivity contribution in [3.05, 3.63) is 34.9 Å². The standard InChI is InChI=1S/C11H13ClO2S/c1-8-2-5-11-9(6-8)3-4-10(11)7-15(12,13)14/h2,5-6,10H,3-4,7H2,1H3. The molecule has 1 aromatic carbocycles. The van der Waals surface area contributed by atoms with Crippen LogP contribution >= 0.6 is 10.7 Å². The number of fused-ring (bicyclic) bond motifs is 1. The first kappa shape index (κ1) is 11.0. The van der Waals surface area contributed by atoms with Gasteiger partial charge in [-0.2, -0.15) is 0 Å². The third-order valence-electron chi connectivity index (χ3n) is 2.90. The molecule has 0 saturated carbocycles. The fourth-order valence-corrected chi connectivity index (χ4v) is 3.53. The third-order valence-corrected chi connectivity index (χ3v) is 4.08. The quantitative estimate of drug-likeness (QED) is 0.750. The number of hydrogen-bond acceptors (Lipinski definition) is 2. The molecule has 1 aromatic rings. The van der Waals surface area contributed by atoms with Gasteiger partial charge in [0.15, 0.2) is 0 Å². The molecule has 82 valence electrons. The lowest BCUT2D eigenvalue weighted by Crippen LogP contribution is -2.07. The molecule has 0 amide bonds. The summed E-state index contributed by atoms with van der Waals surface area (Å²) >= 11 is 0. The van der Waals surface area contributed by atoms with Gasteiger partial charge in [0.25, 0.3) is 0 Å². The topological polar surface area (TPSA) is 34.1 Å². The Morgan fingerprint density at radius 2 is 2.20 bits per heavy atom. The Bertz CT molecular complexity index is 479. The molecule has 15 heavy (non-hydrogen) atoms. The monoisotopic (exact) mass is 244 g/mol. The van der Waals surface area contributed by atoms with Crippen molar-refractivity contribution < 1.29 is 8.42 Å². The van der Waals surface area contributed by atoms with Crippen LogP contribution < -0.4 is 0 Å². The van der Waals surface area contributed by atoms with Gasteiger partial charge >= 0.3 is 0 Å². The van der Waals surface area contributed by atoms with E-state index in [1.165, 1.54) is 11.1 Å². The minimum atomic E-state index is -3.39. The summed E-state index contributed by atoms with van der Waals surface area (Å²) in [7, 11) is 1.90. The molecule has 1 atom stereocenters. The highest BCUT2D eigenvalue weighted by Gasteiger charge is 2.26. The molecule has 0 aromatic heterocycles. The van der Waals surface area contributed by atoms with E-state index in [1.807, 2.05) is 19.1 Å². The first-order chi connectivity index (χ1) is 6.96. The SMILES string of the molecule is Cc1ccc2c(c1)CCC2CS(=O)(=O)Cl. The van der Waals surface area contributed by atoms with Crippen LogP contribution in [0.25, 0.3) is 0 Å². The van der Waals surface area contributed by atoms with Crippen molar-refractivity contribution in [2.24, 2.45) is 0 Å². The van der Waals surface area contributed by atoms with E-state index in [4.69, 9.17) is 10.7 Å². The molecule has 0 spiro atoms. The first-order valence-corrected chi connectivity index (χ1v) is 7.45. The third kappa shape index (κ3) is 2.52. The van der Waals surface area contributed by atoms with Crippen LogP contribution in [-0.4, -0.2) is 14.2 Å². The maximum absolute atomic E-state index is 11.0.